The first-order chi connectivity index (χ1) is 32.0. The number of carbonyl (C=O) groups excluding carboxylic acids is 3. The van der Waals surface area contributed by atoms with E-state index >= 15 is 0 Å². The molecule has 0 aliphatic heterocycles. The molecule has 0 unspecified atom stereocenters. The first-order valence-electron chi connectivity index (χ1n) is 27.1. The van der Waals surface area contributed by atoms with Gasteiger partial charge in [0, 0.05) is 19.3 Å². The molecule has 0 aromatic rings. The van der Waals surface area contributed by atoms with Crippen molar-refractivity contribution in [2.75, 3.05) is 13.2 Å². The van der Waals surface area contributed by atoms with Gasteiger partial charge in [-0.2, -0.15) is 0 Å². The third-order valence-corrected chi connectivity index (χ3v) is 11.3. The Morgan fingerprint density at radius 3 is 1.02 bits per heavy atom. The second kappa shape index (κ2) is 53.2. The highest BCUT2D eigenvalue weighted by Crippen LogP contribution is 2.13. The molecule has 0 rings (SSSR count). The van der Waals surface area contributed by atoms with Crippen LogP contribution in [0.3, 0.4) is 0 Å². The van der Waals surface area contributed by atoms with Crippen molar-refractivity contribution in [2.24, 2.45) is 0 Å². The standard InChI is InChI=1S/C59H100O6/c1-4-7-10-13-16-19-22-25-28-30-32-34-37-40-43-46-49-52-58(61)64-55-56(54-63-57(60)51-48-45-42-39-36-33-27-24-21-18-15-12-9-6-3)65-59(62)53-50-47-44-41-38-35-31-29-26-23-20-17-14-11-8-5-2/h15-16,18-19,24-25,27-29,31-32,34,40,43,56H,4-14,17,20-23,26,30,33,35-39,41-42,44-55H2,1-3H3/b18-15-,19-16-,27-24-,28-25-,31-29-,34-32-,43-40-/t56-/m1/s1. The summed E-state index contributed by atoms with van der Waals surface area (Å²) in [4.78, 5) is 38.0. The molecule has 65 heavy (non-hydrogen) atoms. The number of hydrogen-bond acceptors (Lipinski definition) is 6. The summed E-state index contributed by atoms with van der Waals surface area (Å²) in [7, 11) is 0. The molecule has 0 bridgehead atoms. The van der Waals surface area contributed by atoms with E-state index in [0.29, 0.717) is 19.3 Å². The molecule has 0 aliphatic carbocycles. The summed E-state index contributed by atoms with van der Waals surface area (Å²) < 4.78 is 16.8. The van der Waals surface area contributed by atoms with Crippen LogP contribution in [-0.2, 0) is 28.6 Å². The number of rotatable bonds is 48. The Balaban J connectivity index is 4.51. The highest BCUT2D eigenvalue weighted by Gasteiger charge is 2.19. The first-order valence-corrected chi connectivity index (χ1v) is 27.1. The van der Waals surface area contributed by atoms with E-state index in [2.05, 4.69) is 106 Å². The van der Waals surface area contributed by atoms with Crippen LogP contribution in [0.2, 0.25) is 0 Å². The van der Waals surface area contributed by atoms with Gasteiger partial charge in [-0.3, -0.25) is 14.4 Å². The van der Waals surface area contributed by atoms with Crippen LogP contribution in [-0.4, -0.2) is 37.2 Å². The molecule has 0 heterocycles. The molecule has 0 aromatic heterocycles. The second-order valence-electron chi connectivity index (χ2n) is 17.8. The normalized spacial score (nSPS) is 12.7. The number of allylic oxidation sites excluding steroid dienone is 14. The third kappa shape index (κ3) is 51.4. The molecule has 0 N–H and O–H groups in total. The summed E-state index contributed by atoms with van der Waals surface area (Å²) in [6.07, 6.45) is 68.5. The summed E-state index contributed by atoms with van der Waals surface area (Å²) in [5.74, 6) is -0.983. The molecule has 0 aromatic carbocycles. The van der Waals surface area contributed by atoms with E-state index in [9.17, 15) is 14.4 Å². The summed E-state index contributed by atoms with van der Waals surface area (Å²) in [6, 6.07) is 0. The molecule has 372 valence electrons. The minimum atomic E-state index is -0.809. The Hall–Kier alpha value is -3.41. The lowest BCUT2D eigenvalue weighted by Gasteiger charge is -2.18. The fourth-order valence-electron chi connectivity index (χ4n) is 7.21. The van der Waals surface area contributed by atoms with Gasteiger partial charge in [0.2, 0.25) is 0 Å². The SMILES string of the molecule is CCCC/C=C\C/C=C\CCCCCCCC(=O)OC[C@H](COC(=O)CCC/C=C\C/C=C\C/C=C\C/C=C\CCCCC)OC(=O)CCCCCCC/C=C\CCCCCCCCC. The van der Waals surface area contributed by atoms with Crippen molar-refractivity contribution >= 4 is 17.9 Å². The predicted octanol–water partition coefficient (Wildman–Crippen LogP) is 18.0. The highest BCUT2D eigenvalue weighted by molar-refractivity contribution is 5.71. The van der Waals surface area contributed by atoms with Gasteiger partial charge in [0.05, 0.1) is 0 Å². The van der Waals surface area contributed by atoms with Crippen molar-refractivity contribution in [2.45, 2.75) is 258 Å². The zero-order chi connectivity index (χ0) is 47.2. The maximum Gasteiger partial charge on any atom is 0.306 e. The van der Waals surface area contributed by atoms with Crippen LogP contribution in [0.5, 0.6) is 0 Å². The molecule has 6 heteroatoms. The van der Waals surface area contributed by atoms with Gasteiger partial charge in [0.15, 0.2) is 6.10 Å². The van der Waals surface area contributed by atoms with Crippen LogP contribution in [0.15, 0.2) is 85.1 Å². The Morgan fingerprint density at radius 1 is 0.308 bits per heavy atom. The number of unbranched alkanes of at least 4 members (excludes halogenated alkanes) is 23. The van der Waals surface area contributed by atoms with Crippen molar-refractivity contribution in [3.05, 3.63) is 85.1 Å². The Labute approximate surface area is 401 Å². The van der Waals surface area contributed by atoms with Crippen LogP contribution in [0, 0.1) is 0 Å². The van der Waals surface area contributed by atoms with Gasteiger partial charge < -0.3 is 14.2 Å². The lowest BCUT2D eigenvalue weighted by atomic mass is 10.1. The first kappa shape index (κ1) is 61.6. The molecule has 0 amide bonds. The molecule has 0 spiro atoms. The quantitative estimate of drug-likeness (QED) is 0.0262. The fourth-order valence-corrected chi connectivity index (χ4v) is 7.21. The van der Waals surface area contributed by atoms with Gasteiger partial charge in [0.25, 0.3) is 0 Å². The average Bonchev–Trinajstić information content (AvgIpc) is 3.30. The number of carbonyl (C=O) groups is 3. The Kier molecular flexibility index (Phi) is 50.4. The van der Waals surface area contributed by atoms with Gasteiger partial charge in [-0.25, -0.2) is 0 Å². The van der Waals surface area contributed by atoms with Crippen LogP contribution in [0.4, 0.5) is 0 Å². The van der Waals surface area contributed by atoms with Crippen molar-refractivity contribution < 1.29 is 28.6 Å². The minimum Gasteiger partial charge on any atom is -0.462 e. The fraction of sp³-hybridized carbons (Fsp3) is 0.712. The summed E-state index contributed by atoms with van der Waals surface area (Å²) in [6.45, 7) is 6.50. The molecule has 0 aliphatic rings. The van der Waals surface area contributed by atoms with E-state index in [4.69, 9.17) is 14.2 Å². The molecular weight excluding hydrogens is 805 g/mol. The molecule has 0 radical (unpaired) electrons. The zero-order valence-corrected chi connectivity index (χ0v) is 42.5. The van der Waals surface area contributed by atoms with Crippen LogP contribution in [0.1, 0.15) is 252 Å². The van der Waals surface area contributed by atoms with Gasteiger partial charge in [-0.15, -0.1) is 0 Å². The molecule has 0 fully saturated rings. The lowest BCUT2D eigenvalue weighted by molar-refractivity contribution is -0.167. The summed E-state index contributed by atoms with van der Waals surface area (Å²) in [5.41, 5.74) is 0. The largest absolute Gasteiger partial charge is 0.462 e. The van der Waals surface area contributed by atoms with Crippen molar-refractivity contribution in [3.8, 4) is 0 Å². The van der Waals surface area contributed by atoms with Gasteiger partial charge in [0.1, 0.15) is 13.2 Å². The van der Waals surface area contributed by atoms with E-state index in [0.717, 1.165) is 103 Å². The topological polar surface area (TPSA) is 78.9 Å². The summed E-state index contributed by atoms with van der Waals surface area (Å²) in [5, 5.41) is 0. The molecule has 0 saturated heterocycles. The maximum atomic E-state index is 12.8. The van der Waals surface area contributed by atoms with Gasteiger partial charge in [-0.1, -0.05) is 209 Å². The Morgan fingerprint density at radius 2 is 0.585 bits per heavy atom. The second-order valence-corrected chi connectivity index (χ2v) is 17.8. The van der Waals surface area contributed by atoms with Crippen LogP contribution in [0.25, 0.3) is 0 Å². The third-order valence-electron chi connectivity index (χ3n) is 11.3. The maximum absolute atomic E-state index is 12.8. The van der Waals surface area contributed by atoms with E-state index in [1.165, 1.54) is 103 Å². The molecule has 0 saturated carbocycles. The number of ether oxygens (including phenoxy) is 3. The lowest BCUT2D eigenvalue weighted by Crippen LogP contribution is -2.30. The smallest absolute Gasteiger partial charge is 0.306 e. The van der Waals surface area contributed by atoms with Crippen molar-refractivity contribution in [1.29, 1.82) is 0 Å². The monoisotopic (exact) mass is 905 g/mol. The number of hydrogen-bond donors (Lipinski definition) is 0. The van der Waals surface area contributed by atoms with Crippen molar-refractivity contribution in [3.63, 3.8) is 0 Å². The van der Waals surface area contributed by atoms with Gasteiger partial charge in [-0.05, 0) is 109 Å². The van der Waals surface area contributed by atoms with E-state index in [-0.39, 0.29) is 37.5 Å². The van der Waals surface area contributed by atoms with Crippen LogP contribution < -0.4 is 0 Å². The predicted molar refractivity (Wildman–Crippen MR) is 279 cm³/mol. The Bertz CT molecular complexity index is 1270. The van der Waals surface area contributed by atoms with Crippen molar-refractivity contribution in [1.82, 2.24) is 0 Å². The van der Waals surface area contributed by atoms with Crippen LogP contribution >= 0.6 is 0 Å². The minimum absolute atomic E-state index is 0.104. The summed E-state index contributed by atoms with van der Waals surface area (Å²) >= 11 is 0. The van der Waals surface area contributed by atoms with E-state index < -0.39 is 6.10 Å². The molecular formula is C59H100O6. The average molecular weight is 905 g/mol. The number of esters is 3. The highest BCUT2D eigenvalue weighted by atomic mass is 16.6. The van der Waals surface area contributed by atoms with E-state index in [1.54, 1.807) is 0 Å². The molecule has 1 atom stereocenters. The zero-order valence-electron chi connectivity index (χ0n) is 42.5. The van der Waals surface area contributed by atoms with Gasteiger partial charge >= 0.3 is 17.9 Å². The van der Waals surface area contributed by atoms with E-state index in [1.807, 2.05) is 0 Å². The molecule has 6 nitrogen and oxygen atoms in total.